The third kappa shape index (κ3) is 37.1. The van der Waals surface area contributed by atoms with Crippen molar-refractivity contribution in [2.75, 3.05) is 6.54 Å². The molecule has 44 heavy (non-hydrogen) atoms. The molecular weight excluding hydrogens is 546 g/mol. The Kier molecular flexibility index (Phi) is 35.5. The summed E-state index contributed by atoms with van der Waals surface area (Å²) in [5.41, 5.74) is 6.09. The first-order valence-electron chi connectivity index (χ1n) is 19.7. The highest BCUT2D eigenvalue weighted by atomic mass is 16.4. The van der Waals surface area contributed by atoms with Crippen molar-refractivity contribution < 1.29 is 19.8 Å². The van der Waals surface area contributed by atoms with Crippen LogP contribution in [-0.2, 0) is 9.59 Å². The summed E-state index contributed by atoms with van der Waals surface area (Å²) in [4.78, 5) is 21.0. The molecule has 0 saturated heterocycles. The van der Waals surface area contributed by atoms with Crippen LogP contribution >= 0.6 is 0 Å². The summed E-state index contributed by atoms with van der Waals surface area (Å²) < 4.78 is 0. The van der Waals surface area contributed by atoms with Crippen LogP contribution in [0.2, 0.25) is 0 Å². The number of hydrogen-bond donors (Lipinski definition) is 3. The van der Waals surface area contributed by atoms with E-state index in [0.717, 1.165) is 38.1 Å². The van der Waals surface area contributed by atoms with E-state index < -0.39 is 11.9 Å². The van der Waals surface area contributed by atoms with Crippen molar-refractivity contribution in [3.05, 3.63) is 0 Å². The molecule has 262 valence electrons. The number of nitrogens with two attached hydrogens (primary N) is 1. The number of carboxylic acids is 2. The van der Waals surface area contributed by atoms with E-state index in [-0.39, 0.29) is 0 Å². The van der Waals surface area contributed by atoms with Gasteiger partial charge in [-0.05, 0) is 38.1 Å². The largest absolute Gasteiger partial charge is 0.481 e. The van der Waals surface area contributed by atoms with Crippen LogP contribution in [0.25, 0.3) is 0 Å². The maximum absolute atomic E-state index is 10.5. The summed E-state index contributed by atoms with van der Waals surface area (Å²) in [6.07, 6.45) is 44.0. The van der Waals surface area contributed by atoms with Crippen LogP contribution in [0.5, 0.6) is 0 Å². The zero-order valence-electron chi connectivity index (χ0n) is 29.3. The van der Waals surface area contributed by atoms with E-state index in [1.54, 1.807) is 0 Å². The molecule has 0 saturated carbocycles. The summed E-state index contributed by atoms with van der Waals surface area (Å²) in [5, 5.41) is 17.3. The van der Waals surface area contributed by atoms with E-state index in [0.29, 0.717) is 12.8 Å². The number of carbonyl (C=O) groups is 2. The summed E-state index contributed by atoms with van der Waals surface area (Å²) in [5.74, 6) is -0.568. The van der Waals surface area contributed by atoms with Gasteiger partial charge in [-0.2, -0.15) is 0 Å². The molecule has 0 aromatic heterocycles. The minimum Gasteiger partial charge on any atom is -0.481 e. The fourth-order valence-corrected chi connectivity index (χ4v) is 6.57. The van der Waals surface area contributed by atoms with Crippen molar-refractivity contribution in [1.29, 1.82) is 0 Å². The number of rotatable bonds is 38. The molecule has 0 aliphatic rings. The summed E-state index contributed by atoms with van der Waals surface area (Å²) >= 11 is 0. The number of unbranched alkanes of at least 4 members (excludes halogenated alkanes) is 29. The minimum atomic E-state index is -0.658. The van der Waals surface area contributed by atoms with Gasteiger partial charge in [0.2, 0.25) is 0 Å². The first-order chi connectivity index (χ1) is 21.6. The molecular formula is C39H77NO4. The van der Waals surface area contributed by atoms with Gasteiger partial charge in [-0.15, -0.1) is 0 Å². The lowest BCUT2D eigenvalue weighted by molar-refractivity contribution is -0.138. The molecule has 0 aliphatic carbocycles. The predicted molar refractivity (Wildman–Crippen MR) is 189 cm³/mol. The third-order valence-electron chi connectivity index (χ3n) is 9.59. The van der Waals surface area contributed by atoms with Crippen LogP contribution in [-0.4, -0.2) is 28.7 Å². The van der Waals surface area contributed by atoms with Gasteiger partial charge in [0.15, 0.2) is 0 Å². The second-order valence-corrected chi connectivity index (χ2v) is 13.9. The van der Waals surface area contributed by atoms with Crippen LogP contribution in [0.3, 0.4) is 0 Å². The number of carboxylic acid groups (broad SMARTS) is 2. The normalized spacial score (nSPS) is 12.1. The van der Waals surface area contributed by atoms with Gasteiger partial charge in [0.05, 0.1) is 0 Å². The van der Waals surface area contributed by atoms with Gasteiger partial charge >= 0.3 is 11.9 Å². The van der Waals surface area contributed by atoms with Gasteiger partial charge in [0.1, 0.15) is 0 Å². The van der Waals surface area contributed by atoms with Gasteiger partial charge in [0, 0.05) is 12.8 Å². The van der Waals surface area contributed by atoms with Crippen LogP contribution in [0, 0.1) is 5.92 Å². The van der Waals surface area contributed by atoms with E-state index in [9.17, 15) is 9.59 Å². The van der Waals surface area contributed by atoms with Crippen molar-refractivity contribution >= 4 is 11.9 Å². The maximum atomic E-state index is 10.5. The third-order valence-corrected chi connectivity index (χ3v) is 9.59. The SMILES string of the molecule is NCC(CCCCCCCCCCCCCCCCCCC(=O)O)CCCCCCCCCCCCCCCCCC(=O)O. The average molecular weight is 624 g/mol. The Labute approximate surface area is 274 Å². The Hall–Kier alpha value is -1.10. The van der Waals surface area contributed by atoms with Gasteiger partial charge < -0.3 is 15.9 Å². The average Bonchev–Trinajstić information content (AvgIpc) is 3.00. The highest BCUT2D eigenvalue weighted by Crippen LogP contribution is 2.20. The van der Waals surface area contributed by atoms with Crippen molar-refractivity contribution in [3.63, 3.8) is 0 Å². The Morgan fingerprint density at radius 2 is 0.523 bits per heavy atom. The van der Waals surface area contributed by atoms with Crippen LogP contribution < -0.4 is 5.73 Å². The molecule has 4 N–H and O–H groups in total. The smallest absolute Gasteiger partial charge is 0.303 e. The standard InChI is InChI=1S/C39H77NO4/c40-36-37(33-29-25-21-17-13-9-5-3-7-11-15-19-23-27-31-35-39(43)44)32-28-24-20-16-12-8-4-1-2-6-10-14-18-22-26-30-34-38(41)42/h37H,1-36,40H2,(H,41,42)(H,43,44). The van der Waals surface area contributed by atoms with Crippen molar-refractivity contribution in [2.45, 2.75) is 225 Å². The zero-order valence-corrected chi connectivity index (χ0v) is 29.3. The summed E-state index contributed by atoms with van der Waals surface area (Å²) in [6.45, 7) is 0.873. The molecule has 0 aromatic carbocycles. The molecule has 5 heteroatoms. The number of hydrogen-bond acceptors (Lipinski definition) is 3. The molecule has 0 fully saturated rings. The molecule has 0 heterocycles. The first-order valence-corrected chi connectivity index (χ1v) is 19.7. The second kappa shape index (κ2) is 36.4. The van der Waals surface area contributed by atoms with E-state index in [4.69, 9.17) is 15.9 Å². The maximum Gasteiger partial charge on any atom is 0.303 e. The molecule has 0 aliphatic heterocycles. The lowest BCUT2D eigenvalue weighted by Gasteiger charge is -2.14. The molecule has 0 bridgehead atoms. The van der Waals surface area contributed by atoms with E-state index in [1.807, 2.05) is 0 Å². The van der Waals surface area contributed by atoms with E-state index >= 15 is 0 Å². The van der Waals surface area contributed by atoms with Crippen molar-refractivity contribution in [2.24, 2.45) is 11.7 Å². The highest BCUT2D eigenvalue weighted by molar-refractivity contribution is 5.66. The lowest BCUT2D eigenvalue weighted by Crippen LogP contribution is -2.14. The highest BCUT2D eigenvalue weighted by Gasteiger charge is 2.06. The lowest BCUT2D eigenvalue weighted by atomic mass is 9.94. The van der Waals surface area contributed by atoms with Crippen LogP contribution in [0.1, 0.15) is 225 Å². The van der Waals surface area contributed by atoms with Gasteiger partial charge in [0.25, 0.3) is 0 Å². The molecule has 0 radical (unpaired) electrons. The first kappa shape index (κ1) is 42.9. The molecule has 0 rings (SSSR count). The molecule has 0 aromatic rings. The van der Waals surface area contributed by atoms with Gasteiger partial charge in [-0.3, -0.25) is 9.59 Å². The Balaban J connectivity index is 3.26. The molecule has 0 amide bonds. The summed E-state index contributed by atoms with van der Waals surface area (Å²) in [6, 6.07) is 0. The van der Waals surface area contributed by atoms with Gasteiger partial charge in [-0.1, -0.05) is 186 Å². The van der Waals surface area contributed by atoms with Crippen LogP contribution in [0.15, 0.2) is 0 Å². The molecule has 1 atom stereocenters. The molecule has 0 spiro atoms. The monoisotopic (exact) mass is 624 g/mol. The quantitative estimate of drug-likeness (QED) is 0.0594. The van der Waals surface area contributed by atoms with Crippen molar-refractivity contribution in [1.82, 2.24) is 0 Å². The fourth-order valence-electron chi connectivity index (χ4n) is 6.57. The van der Waals surface area contributed by atoms with Crippen LogP contribution in [0.4, 0.5) is 0 Å². The molecule has 5 nitrogen and oxygen atoms in total. The minimum absolute atomic E-state index is 0.334. The topological polar surface area (TPSA) is 101 Å². The Morgan fingerprint density at radius 1 is 0.341 bits per heavy atom. The van der Waals surface area contributed by atoms with Crippen molar-refractivity contribution in [3.8, 4) is 0 Å². The van der Waals surface area contributed by atoms with E-state index in [2.05, 4.69) is 0 Å². The van der Waals surface area contributed by atoms with Gasteiger partial charge in [-0.25, -0.2) is 0 Å². The predicted octanol–water partition coefficient (Wildman–Crippen LogP) is 12.4. The summed E-state index contributed by atoms with van der Waals surface area (Å²) in [7, 11) is 0. The van der Waals surface area contributed by atoms with E-state index in [1.165, 1.54) is 186 Å². The zero-order chi connectivity index (χ0) is 32.2. The Morgan fingerprint density at radius 3 is 0.705 bits per heavy atom. The number of aliphatic carboxylic acids is 2. The molecule has 1 unspecified atom stereocenters. The Bertz CT molecular complexity index is 597. The fraction of sp³-hybridized carbons (Fsp3) is 0.949. The second-order valence-electron chi connectivity index (χ2n) is 13.9.